The van der Waals surface area contributed by atoms with E-state index in [0.29, 0.717) is 12.8 Å². The summed E-state index contributed by atoms with van der Waals surface area (Å²) in [6.07, 6.45) is 2.57. The fraction of sp³-hybridized carbons (Fsp3) is 0.886. The summed E-state index contributed by atoms with van der Waals surface area (Å²) < 4.78 is 0. The van der Waals surface area contributed by atoms with Crippen LogP contribution in [0.5, 0.6) is 0 Å². The predicted molar refractivity (Wildman–Crippen MR) is 174 cm³/mol. The molecule has 1 heterocycles. The molecule has 3 unspecified atom stereocenters. The molecule has 48 heavy (non-hydrogen) atoms. The van der Waals surface area contributed by atoms with Gasteiger partial charge in [-0.15, -0.1) is 9.78 Å². The van der Waals surface area contributed by atoms with E-state index in [9.17, 15) is 24.3 Å². The largest absolute Gasteiger partial charge is 0.481 e. The topological polar surface area (TPSA) is 169 Å². The fourth-order valence-corrected chi connectivity index (χ4v) is 5.35. The molecule has 0 saturated carbocycles. The number of hydrogen-bond acceptors (Lipinski definition) is 12. The van der Waals surface area contributed by atoms with Gasteiger partial charge in [0.1, 0.15) is 5.41 Å². The highest BCUT2D eigenvalue weighted by atomic mass is 17.4. The second-order valence-electron chi connectivity index (χ2n) is 16.4. The van der Waals surface area contributed by atoms with E-state index in [-0.39, 0.29) is 37.5 Å². The average molecular weight is 691 g/mol. The number of unbranched alkanes of at least 4 members (excludes halogenated alkanes) is 1. The molecule has 1 N–H and O–H groups in total. The van der Waals surface area contributed by atoms with Gasteiger partial charge >= 0.3 is 23.9 Å². The van der Waals surface area contributed by atoms with Crippen LogP contribution in [0.15, 0.2) is 0 Å². The van der Waals surface area contributed by atoms with E-state index in [1.807, 2.05) is 41.5 Å². The zero-order valence-corrected chi connectivity index (χ0v) is 31.7. The number of carboxylic acid groups (broad SMARTS) is 1. The molecule has 0 radical (unpaired) electrons. The van der Waals surface area contributed by atoms with Gasteiger partial charge in [0, 0.05) is 12.8 Å². The van der Waals surface area contributed by atoms with Crippen LogP contribution in [0.3, 0.4) is 0 Å². The van der Waals surface area contributed by atoms with Crippen molar-refractivity contribution in [3.05, 3.63) is 0 Å². The first kappa shape index (κ1) is 43.7. The van der Waals surface area contributed by atoms with Crippen LogP contribution in [0.1, 0.15) is 148 Å². The SMILES string of the molecule is CCCCC(CC)C(=O)OOC(C)(CC(C)C)C1(C(C)(CCC(CC(C)C)(OOC(=O)C(C)(C)C)OOC(=O)C(C)(C)C)C(=O)O)OO1. The van der Waals surface area contributed by atoms with Gasteiger partial charge in [-0.3, -0.25) is 19.5 Å². The maximum absolute atomic E-state index is 13.2. The molecule has 0 aromatic rings. The smallest absolute Gasteiger partial charge is 0.347 e. The molecule has 1 aliphatic heterocycles. The van der Waals surface area contributed by atoms with Crippen LogP contribution in [0.4, 0.5) is 0 Å². The number of carboxylic acids is 1. The summed E-state index contributed by atoms with van der Waals surface area (Å²) in [5.74, 6) is -7.84. The molecule has 0 aromatic carbocycles. The Morgan fingerprint density at radius 3 is 1.54 bits per heavy atom. The van der Waals surface area contributed by atoms with Crippen molar-refractivity contribution in [3.8, 4) is 0 Å². The van der Waals surface area contributed by atoms with Crippen molar-refractivity contribution < 1.29 is 63.4 Å². The van der Waals surface area contributed by atoms with E-state index in [1.54, 1.807) is 48.5 Å². The van der Waals surface area contributed by atoms with Crippen molar-refractivity contribution in [1.29, 1.82) is 0 Å². The Kier molecular flexibility index (Phi) is 15.5. The van der Waals surface area contributed by atoms with E-state index in [4.69, 9.17) is 39.1 Å². The van der Waals surface area contributed by atoms with Gasteiger partial charge < -0.3 is 5.11 Å². The van der Waals surface area contributed by atoms with Crippen molar-refractivity contribution >= 4 is 23.9 Å². The Balaban J connectivity index is 3.59. The van der Waals surface area contributed by atoms with Crippen LogP contribution in [-0.2, 0) is 58.3 Å². The van der Waals surface area contributed by atoms with Crippen molar-refractivity contribution in [2.75, 3.05) is 0 Å². The van der Waals surface area contributed by atoms with E-state index >= 15 is 0 Å². The quantitative estimate of drug-likeness (QED) is 0.0536. The molecule has 3 atom stereocenters. The minimum atomic E-state index is -1.94. The minimum Gasteiger partial charge on any atom is -0.481 e. The minimum absolute atomic E-state index is 0.0276. The van der Waals surface area contributed by atoms with Crippen molar-refractivity contribution in [3.63, 3.8) is 0 Å². The summed E-state index contributed by atoms with van der Waals surface area (Å²) in [7, 11) is 0. The van der Waals surface area contributed by atoms with Crippen LogP contribution in [-0.4, -0.2) is 46.2 Å². The predicted octanol–water partition coefficient (Wildman–Crippen LogP) is 7.80. The van der Waals surface area contributed by atoms with E-state index < -0.39 is 63.2 Å². The van der Waals surface area contributed by atoms with Crippen LogP contribution < -0.4 is 0 Å². The van der Waals surface area contributed by atoms with Gasteiger partial charge in [-0.1, -0.05) is 54.4 Å². The van der Waals surface area contributed by atoms with E-state index in [0.717, 1.165) is 12.8 Å². The lowest BCUT2D eigenvalue weighted by Crippen LogP contribution is -2.59. The second-order valence-corrected chi connectivity index (χ2v) is 16.4. The molecular weight excluding hydrogens is 628 g/mol. The van der Waals surface area contributed by atoms with Gasteiger partial charge in [0.05, 0.1) is 16.7 Å². The summed E-state index contributed by atoms with van der Waals surface area (Å²) in [4.78, 5) is 95.9. The van der Waals surface area contributed by atoms with Gasteiger partial charge in [0.2, 0.25) is 0 Å². The lowest BCUT2D eigenvalue weighted by Gasteiger charge is -2.41. The van der Waals surface area contributed by atoms with Gasteiger partial charge in [-0.05, 0) is 92.9 Å². The van der Waals surface area contributed by atoms with Gasteiger partial charge in [0.25, 0.3) is 11.6 Å². The zero-order chi connectivity index (χ0) is 37.4. The normalized spacial score (nSPS) is 18.1. The molecular formula is C35H62O13. The standard InChI is InChI=1S/C35H62O13/c1-15-17-18-25(16-2)26(36)41-44-33(14,21-23(3)4)35(47-48-35)32(13,27(37)38)19-20-34(22-24(5)6,45-42-28(39)30(7,8)9)46-43-29(40)31(10,11)12/h23-25H,15-22H2,1-14H3,(H,37,38). The molecule has 13 nitrogen and oxygen atoms in total. The number of carbonyl (C=O) groups excluding carboxylic acids is 3. The number of hydrogen-bond donors (Lipinski definition) is 1. The summed E-state index contributed by atoms with van der Waals surface area (Å²) >= 11 is 0. The average Bonchev–Trinajstić information content (AvgIpc) is 3.78. The van der Waals surface area contributed by atoms with Crippen LogP contribution in [0.2, 0.25) is 0 Å². The maximum Gasteiger partial charge on any atom is 0.347 e. The molecule has 0 bridgehead atoms. The monoisotopic (exact) mass is 690 g/mol. The first-order valence-corrected chi connectivity index (χ1v) is 17.1. The third-order valence-electron chi connectivity index (χ3n) is 8.47. The van der Waals surface area contributed by atoms with Gasteiger partial charge in [-0.2, -0.15) is 14.7 Å². The van der Waals surface area contributed by atoms with Crippen LogP contribution in [0.25, 0.3) is 0 Å². The Morgan fingerprint density at radius 2 is 1.19 bits per heavy atom. The lowest BCUT2D eigenvalue weighted by atomic mass is 9.68. The molecule has 1 rings (SSSR count). The first-order chi connectivity index (χ1) is 21.8. The van der Waals surface area contributed by atoms with E-state index in [2.05, 4.69) is 0 Å². The molecule has 1 aliphatic rings. The van der Waals surface area contributed by atoms with Gasteiger partial charge in [-0.25, -0.2) is 14.4 Å². The van der Waals surface area contributed by atoms with Crippen molar-refractivity contribution in [2.24, 2.45) is 34.0 Å². The molecule has 0 spiro atoms. The molecule has 1 fully saturated rings. The number of aliphatic carboxylic acids is 1. The summed E-state index contributed by atoms with van der Waals surface area (Å²) in [5.41, 5.74) is -5.40. The molecule has 0 aliphatic carbocycles. The summed E-state index contributed by atoms with van der Waals surface area (Å²) in [5, 5.41) is 10.8. The molecule has 1 saturated heterocycles. The van der Waals surface area contributed by atoms with Crippen LogP contribution in [0, 0.1) is 34.0 Å². The summed E-state index contributed by atoms with van der Waals surface area (Å²) in [6, 6.07) is 0. The maximum atomic E-state index is 13.2. The molecule has 0 aromatic heterocycles. The second kappa shape index (κ2) is 17.1. The highest BCUT2D eigenvalue weighted by Gasteiger charge is 2.78. The fourth-order valence-electron chi connectivity index (χ4n) is 5.35. The lowest BCUT2D eigenvalue weighted by molar-refractivity contribution is -0.489. The molecule has 13 heteroatoms. The Labute approximate surface area is 286 Å². The van der Waals surface area contributed by atoms with Crippen molar-refractivity contribution in [2.45, 2.75) is 165 Å². The third-order valence-corrected chi connectivity index (χ3v) is 8.47. The number of carbonyl (C=O) groups is 4. The van der Waals surface area contributed by atoms with Gasteiger partial charge in [0.15, 0.2) is 5.60 Å². The van der Waals surface area contributed by atoms with Crippen molar-refractivity contribution in [1.82, 2.24) is 0 Å². The highest BCUT2D eigenvalue weighted by molar-refractivity contribution is 5.77. The number of rotatable bonds is 21. The highest BCUT2D eigenvalue weighted by Crippen LogP contribution is 2.59. The third kappa shape index (κ3) is 11.4. The molecule has 0 amide bonds. The Morgan fingerprint density at radius 1 is 0.708 bits per heavy atom. The molecule has 280 valence electrons. The first-order valence-electron chi connectivity index (χ1n) is 17.1. The zero-order valence-electron chi connectivity index (χ0n) is 31.7. The summed E-state index contributed by atoms with van der Waals surface area (Å²) in [6.45, 7) is 24.2. The Hall–Kier alpha value is -2.32. The van der Waals surface area contributed by atoms with E-state index in [1.165, 1.54) is 6.92 Å². The van der Waals surface area contributed by atoms with Crippen LogP contribution >= 0.6 is 0 Å². The Bertz CT molecular complexity index is 1050.